The van der Waals surface area contributed by atoms with Crippen molar-refractivity contribution in [1.29, 1.82) is 0 Å². The summed E-state index contributed by atoms with van der Waals surface area (Å²) >= 11 is 0. The average Bonchev–Trinajstić information content (AvgIpc) is 3.01. The zero-order valence-electron chi connectivity index (χ0n) is 22.8. The summed E-state index contributed by atoms with van der Waals surface area (Å²) in [6.45, 7) is 17.1. The van der Waals surface area contributed by atoms with E-state index in [-0.39, 0.29) is 5.41 Å². The standard InChI is InChI=1S/C32H50O2/c1-8-13-14-15-24-31(34,10-3)25-23-26(6)17-19-28(16-9-2)32(11-4,12-5)29-20-18-27(7)30(33)22-21-29/h16-19,21-23,25,33-34H,6,8-15,20,24H2,1-5,7H3/b19-17-,25-23+,28-16+. The van der Waals surface area contributed by atoms with Crippen molar-refractivity contribution in [2.45, 2.75) is 111 Å². The Hall–Kier alpha value is -2.06. The normalized spacial score (nSPS) is 17.4. The second-order valence-electron chi connectivity index (χ2n) is 9.70. The van der Waals surface area contributed by atoms with Crippen LogP contribution in [0.4, 0.5) is 0 Å². The first-order valence-corrected chi connectivity index (χ1v) is 13.5. The van der Waals surface area contributed by atoms with Gasteiger partial charge >= 0.3 is 0 Å². The Kier molecular flexibility index (Phi) is 13.3. The Labute approximate surface area is 210 Å². The maximum atomic E-state index is 11.0. The van der Waals surface area contributed by atoms with Gasteiger partial charge in [0, 0.05) is 5.41 Å². The summed E-state index contributed by atoms with van der Waals surface area (Å²) in [6, 6.07) is 0. The van der Waals surface area contributed by atoms with E-state index in [2.05, 4.69) is 64.7 Å². The number of rotatable bonds is 15. The van der Waals surface area contributed by atoms with E-state index in [0.717, 1.165) is 49.7 Å². The maximum Gasteiger partial charge on any atom is 0.118 e. The number of allylic oxidation sites excluding steroid dienone is 11. The van der Waals surface area contributed by atoms with Crippen molar-refractivity contribution < 1.29 is 10.2 Å². The summed E-state index contributed by atoms with van der Waals surface area (Å²) in [4.78, 5) is 0. The van der Waals surface area contributed by atoms with Crippen LogP contribution in [0.15, 0.2) is 83.2 Å². The summed E-state index contributed by atoms with van der Waals surface area (Å²) in [6.07, 6.45) is 26.6. The monoisotopic (exact) mass is 466 g/mol. The van der Waals surface area contributed by atoms with Gasteiger partial charge in [0.1, 0.15) is 5.76 Å². The molecule has 0 saturated carbocycles. The molecule has 0 radical (unpaired) electrons. The van der Waals surface area contributed by atoms with Gasteiger partial charge < -0.3 is 10.2 Å². The lowest BCUT2D eigenvalue weighted by molar-refractivity contribution is 0.0744. The molecule has 0 saturated heterocycles. The Morgan fingerprint density at radius 3 is 2.26 bits per heavy atom. The van der Waals surface area contributed by atoms with Crippen LogP contribution in [0.2, 0.25) is 0 Å². The van der Waals surface area contributed by atoms with Crippen LogP contribution in [0.25, 0.3) is 0 Å². The van der Waals surface area contributed by atoms with Crippen LogP contribution in [-0.2, 0) is 0 Å². The molecule has 0 aromatic carbocycles. The van der Waals surface area contributed by atoms with Crippen molar-refractivity contribution >= 4 is 0 Å². The van der Waals surface area contributed by atoms with Gasteiger partial charge in [-0.2, -0.15) is 0 Å². The molecule has 0 spiro atoms. The molecular formula is C32H50O2. The van der Waals surface area contributed by atoms with Crippen LogP contribution >= 0.6 is 0 Å². The van der Waals surface area contributed by atoms with Crippen LogP contribution in [0.5, 0.6) is 0 Å². The highest BCUT2D eigenvalue weighted by Gasteiger charge is 2.33. The van der Waals surface area contributed by atoms with Crippen LogP contribution < -0.4 is 0 Å². The van der Waals surface area contributed by atoms with Gasteiger partial charge in [-0.15, -0.1) is 0 Å². The van der Waals surface area contributed by atoms with Crippen LogP contribution in [0.3, 0.4) is 0 Å². The second kappa shape index (κ2) is 15.0. The van der Waals surface area contributed by atoms with Gasteiger partial charge in [-0.3, -0.25) is 0 Å². The topological polar surface area (TPSA) is 40.5 Å². The van der Waals surface area contributed by atoms with Crippen molar-refractivity contribution in [3.63, 3.8) is 0 Å². The van der Waals surface area contributed by atoms with Gasteiger partial charge in [0.05, 0.1) is 5.60 Å². The van der Waals surface area contributed by atoms with Crippen molar-refractivity contribution in [3.8, 4) is 0 Å². The molecule has 2 heteroatoms. The first-order chi connectivity index (χ1) is 16.2. The van der Waals surface area contributed by atoms with E-state index in [1.165, 1.54) is 30.4 Å². The molecule has 0 fully saturated rings. The third-order valence-electron chi connectivity index (χ3n) is 7.43. The van der Waals surface area contributed by atoms with E-state index in [0.29, 0.717) is 12.2 Å². The zero-order chi connectivity index (χ0) is 25.6. The lowest BCUT2D eigenvalue weighted by Gasteiger charge is -2.36. The number of hydrogen-bond acceptors (Lipinski definition) is 2. The smallest absolute Gasteiger partial charge is 0.118 e. The molecule has 190 valence electrons. The molecule has 1 aliphatic rings. The van der Waals surface area contributed by atoms with Crippen LogP contribution in [0.1, 0.15) is 106 Å². The molecule has 1 aliphatic carbocycles. The predicted octanol–water partition coefficient (Wildman–Crippen LogP) is 9.63. The molecule has 2 nitrogen and oxygen atoms in total. The van der Waals surface area contributed by atoms with Crippen molar-refractivity contribution in [2.24, 2.45) is 5.41 Å². The van der Waals surface area contributed by atoms with Gasteiger partial charge in [-0.05, 0) is 68.2 Å². The molecule has 0 bridgehead atoms. The Morgan fingerprint density at radius 2 is 1.68 bits per heavy atom. The SMILES string of the molecule is C=C(/C=C\C(=C/CC)C(CC)(CC)C1=CC=C(O)C(C)=CC1)/C=C/C(O)(CC)CCCCCC. The molecule has 0 aromatic rings. The minimum absolute atomic E-state index is 0.0855. The van der Waals surface area contributed by atoms with E-state index in [1.807, 2.05) is 32.1 Å². The van der Waals surface area contributed by atoms with E-state index in [4.69, 9.17) is 0 Å². The van der Waals surface area contributed by atoms with E-state index in [9.17, 15) is 10.2 Å². The molecule has 0 heterocycles. The molecule has 0 aliphatic heterocycles. The number of aliphatic hydroxyl groups excluding tert-OH is 1. The van der Waals surface area contributed by atoms with Gasteiger partial charge in [0.15, 0.2) is 0 Å². The maximum absolute atomic E-state index is 11.0. The molecule has 1 atom stereocenters. The van der Waals surface area contributed by atoms with E-state index in [1.54, 1.807) is 0 Å². The van der Waals surface area contributed by atoms with Crippen molar-refractivity contribution in [1.82, 2.24) is 0 Å². The van der Waals surface area contributed by atoms with Crippen LogP contribution in [0, 0.1) is 5.41 Å². The van der Waals surface area contributed by atoms with E-state index < -0.39 is 5.60 Å². The van der Waals surface area contributed by atoms with Gasteiger partial charge in [0.2, 0.25) is 0 Å². The Morgan fingerprint density at radius 1 is 0.971 bits per heavy atom. The number of aliphatic hydroxyl groups is 2. The molecule has 0 aromatic heterocycles. The average molecular weight is 467 g/mol. The first-order valence-electron chi connectivity index (χ1n) is 13.5. The molecule has 2 N–H and O–H groups in total. The van der Waals surface area contributed by atoms with Gasteiger partial charge in [0.25, 0.3) is 0 Å². The summed E-state index contributed by atoms with van der Waals surface area (Å²) in [7, 11) is 0. The molecular weight excluding hydrogens is 416 g/mol. The molecule has 1 rings (SSSR count). The largest absolute Gasteiger partial charge is 0.508 e. The van der Waals surface area contributed by atoms with E-state index >= 15 is 0 Å². The Bertz CT molecular complexity index is 827. The minimum atomic E-state index is -0.757. The highest BCUT2D eigenvalue weighted by atomic mass is 16.3. The van der Waals surface area contributed by atoms with Gasteiger partial charge in [-0.25, -0.2) is 0 Å². The fraction of sp³-hybridized carbons (Fsp3) is 0.562. The summed E-state index contributed by atoms with van der Waals surface area (Å²) in [5.41, 5.74) is 3.61. The predicted molar refractivity (Wildman–Crippen MR) is 150 cm³/mol. The second-order valence-corrected chi connectivity index (χ2v) is 9.70. The van der Waals surface area contributed by atoms with Crippen molar-refractivity contribution in [2.75, 3.05) is 0 Å². The Balaban J connectivity index is 3.13. The lowest BCUT2D eigenvalue weighted by atomic mass is 9.68. The lowest BCUT2D eigenvalue weighted by Crippen LogP contribution is -2.24. The third kappa shape index (κ3) is 8.62. The fourth-order valence-corrected chi connectivity index (χ4v) is 4.79. The fourth-order valence-electron chi connectivity index (χ4n) is 4.79. The summed E-state index contributed by atoms with van der Waals surface area (Å²) in [5.74, 6) is 0.351. The van der Waals surface area contributed by atoms with Crippen molar-refractivity contribution in [3.05, 3.63) is 83.2 Å². The number of hydrogen-bond donors (Lipinski definition) is 2. The quantitative estimate of drug-likeness (QED) is 0.186. The summed E-state index contributed by atoms with van der Waals surface area (Å²) < 4.78 is 0. The molecule has 1 unspecified atom stereocenters. The highest BCUT2D eigenvalue weighted by molar-refractivity contribution is 5.44. The zero-order valence-corrected chi connectivity index (χ0v) is 22.8. The molecule has 34 heavy (non-hydrogen) atoms. The third-order valence-corrected chi connectivity index (χ3v) is 7.43. The highest BCUT2D eigenvalue weighted by Crippen LogP contribution is 2.46. The first kappa shape index (κ1) is 30.0. The number of unbranched alkanes of at least 4 members (excludes halogenated alkanes) is 3. The van der Waals surface area contributed by atoms with Gasteiger partial charge in [-0.1, -0.05) is 115 Å². The van der Waals surface area contributed by atoms with Crippen LogP contribution in [-0.4, -0.2) is 15.8 Å². The molecule has 0 amide bonds. The summed E-state index contributed by atoms with van der Waals surface area (Å²) in [5, 5.41) is 21.2. The minimum Gasteiger partial charge on any atom is -0.508 e.